The summed E-state index contributed by atoms with van der Waals surface area (Å²) < 4.78 is 12.0. The molecule has 0 radical (unpaired) electrons. The van der Waals surface area contributed by atoms with E-state index < -0.39 is 8.32 Å². The minimum absolute atomic E-state index is 0.116. The van der Waals surface area contributed by atoms with E-state index in [9.17, 15) is 4.79 Å². The first-order valence-corrected chi connectivity index (χ1v) is 13.0. The lowest BCUT2D eigenvalue weighted by Crippen LogP contribution is -2.51. The molecule has 4 nitrogen and oxygen atoms in total. The Morgan fingerprint density at radius 3 is 2.44 bits per heavy atom. The number of piperidine rings is 1. The van der Waals surface area contributed by atoms with Gasteiger partial charge >= 0.3 is 6.09 Å². The van der Waals surface area contributed by atoms with E-state index in [2.05, 4.69) is 47.7 Å². The van der Waals surface area contributed by atoms with E-state index in [1.165, 1.54) is 0 Å². The highest BCUT2D eigenvalue weighted by Gasteiger charge is 2.42. The summed E-state index contributed by atoms with van der Waals surface area (Å²) in [6.07, 6.45) is 1.69. The number of benzene rings is 1. The molecule has 0 unspecified atom stereocenters. The van der Waals surface area contributed by atoms with Gasteiger partial charge in [0.1, 0.15) is 6.61 Å². The molecule has 1 aliphatic heterocycles. The SMILES string of the molecule is C[C@H]1C[C@@](C)(CO[Si](C)(C)C(C)(C)C)CCN1C(=O)OCc1ccccc1. The second-order valence-electron chi connectivity index (χ2n) is 9.90. The van der Waals surface area contributed by atoms with Gasteiger partial charge < -0.3 is 14.1 Å². The standard InChI is InChI=1S/C22H37NO3Si/c1-18-15-22(5,17-26-27(6,7)21(2,3)4)13-14-23(18)20(24)25-16-19-11-9-8-10-12-19/h8-12,18H,13-17H2,1-7H3/t18-,22-/m0/s1. The Morgan fingerprint density at radius 2 is 1.89 bits per heavy atom. The quantitative estimate of drug-likeness (QED) is 0.592. The molecule has 2 atom stereocenters. The number of amides is 1. The number of carbonyl (C=O) groups excluding carboxylic acids is 1. The van der Waals surface area contributed by atoms with Crippen molar-refractivity contribution in [2.24, 2.45) is 5.41 Å². The molecule has 1 aliphatic rings. The molecule has 1 amide bonds. The summed E-state index contributed by atoms with van der Waals surface area (Å²) in [7, 11) is -1.75. The third kappa shape index (κ3) is 5.82. The Labute approximate surface area is 166 Å². The Hall–Kier alpha value is -1.33. The third-order valence-electron chi connectivity index (χ3n) is 6.30. The predicted molar refractivity (Wildman–Crippen MR) is 113 cm³/mol. The lowest BCUT2D eigenvalue weighted by molar-refractivity contribution is 0.0190. The van der Waals surface area contributed by atoms with E-state index >= 15 is 0 Å². The average molecular weight is 392 g/mol. The van der Waals surface area contributed by atoms with Crippen molar-refractivity contribution in [3.63, 3.8) is 0 Å². The van der Waals surface area contributed by atoms with Crippen LogP contribution in [-0.2, 0) is 15.8 Å². The lowest BCUT2D eigenvalue weighted by Gasteiger charge is -2.45. The molecular formula is C22H37NO3Si. The van der Waals surface area contributed by atoms with E-state index in [0.717, 1.165) is 31.6 Å². The molecule has 0 aliphatic carbocycles. The van der Waals surface area contributed by atoms with Gasteiger partial charge in [0.05, 0.1) is 0 Å². The van der Waals surface area contributed by atoms with Gasteiger partial charge in [0.25, 0.3) is 0 Å². The zero-order valence-corrected chi connectivity index (χ0v) is 19.2. The van der Waals surface area contributed by atoms with Crippen LogP contribution in [0.5, 0.6) is 0 Å². The summed E-state index contributed by atoms with van der Waals surface area (Å²) in [5.41, 5.74) is 1.13. The summed E-state index contributed by atoms with van der Waals surface area (Å²) in [5.74, 6) is 0. The van der Waals surface area contributed by atoms with E-state index in [-0.39, 0.29) is 22.6 Å². The molecule has 1 aromatic carbocycles. The van der Waals surface area contributed by atoms with Crippen LogP contribution < -0.4 is 0 Å². The van der Waals surface area contributed by atoms with Crippen molar-refractivity contribution in [2.45, 2.75) is 78.2 Å². The van der Waals surface area contributed by atoms with Crippen LogP contribution in [0, 0.1) is 5.41 Å². The third-order valence-corrected chi connectivity index (χ3v) is 10.8. The van der Waals surface area contributed by atoms with Gasteiger partial charge in [-0.2, -0.15) is 0 Å². The molecule has 1 saturated heterocycles. The van der Waals surface area contributed by atoms with Crippen molar-refractivity contribution < 1.29 is 14.0 Å². The molecule has 0 spiro atoms. The monoisotopic (exact) mass is 391 g/mol. The molecule has 2 rings (SSSR count). The molecule has 152 valence electrons. The fourth-order valence-corrected chi connectivity index (χ4v) is 4.45. The van der Waals surface area contributed by atoms with Gasteiger partial charge in [0.15, 0.2) is 8.32 Å². The molecule has 0 N–H and O–H groups in total. The maximum absolute atomic E-state index is 12.5. The molecule has 5 heteroatoms. The van der Waals surface area contributed by atoms with E-state index in [0.29, 0.717) is 6.61 Å². The number of hydrogen-bond acceptors (Lipinski definition) is 3. The van der Waals surface area contributed by atoms with Crippen LogP contribution in [0.25, 0.3) is 0 Å². The highest BCUT2D eigenvalue weighted by Crippen LogP contribution is 2.40. The Balaban J connectivity index is 1.87. The maximum atomic E-state index is 12.5. The minimum atomic E-state index is -1.75. The fourth-order valence-electron chi connectivity index (χ4n) is 3.31. The molecule has 0 bridgehead atoms. The van der Waals surface area contributed by atoms with Gasteiger partial charge in [-0.1, -0.05) is 58.0 Å². The van der Waals surface area contributed by atoms with Crippen molar-refractivity contribution in [3.05, 3.63) is 35.9 Å². The molecule has 1 aromatic rings. The van der Waals surface area contributed by atoms with Crippen molar-refractivity contribution in [3.8, 4) is 0 Å². The van der Waals surface area contributed by atoms with Crippen LogP contribution in [0.15, 0.2) is 30.3 Å². The van der Waals surface area contributed by atoms with Crippen LogP contribution in [0.2, 0.25) is 18.1 Å². The van der Waals surface area contributed by atoms with Gasteiger partial charge in [0.2, 0.25) is 0 Å². The van der Waals surface area contributed by atoms with Gasteiger partial charge in [-0.05, 0) is 48.9 Å². The van der Waals surface area contributed by atoms with E-state index in [1.54, 1.807) is 0 Å². The summed E-state index contributed by atoms with van der Waals surface area (Å²) in [4.78, 5) is 14.4. The number of carbonyl (C=O) groups is 1. The highest BCUT2D eigenvalue weighted by molar-refractivity contribution is 6.74. The maximum Gasteiger partial charge on any atom is 0.410 e. The molecule has 1 fully saturated rings. The van der Waals surface area contributed by atoms with Crippen molar-refractivity contribution in [2.75, 3.05) is 13.2 Å². The minimum Gasteiger partial charge on any atom is -0.445 e. The zero-order chi connectivity index (χ0) is 20.3. The molecule has 27 heavy (non-hydrogen) atoms. The first kappa shape index (κ1) is 22.0. The number of ether oxygens (including phenoxy) is 1. The van der Waals surface area contributed by atoms with Crippen LogP contribution >= 0.6 is 0 Å². The lowest BCUT2D eigenvalue weighted by atomic mass is 9.78. The van der Waals surface area contributed by atoms with Crippen LogP contribution in [0.3, 0.4) is 0 Å². The number of hydrogen-bond donors (Lipinski definition) is 0. The predicted octanol–water partition coefficient (Wildman–Crippen LogP) is 5.84. The summed E-state index contributed by atoms with van der Waals surface area (Å²) in [5, 5.41) is 0.219. The van der Waals surface area contributed by atoms with Crippen molar-refractivity contribution in [1.82, 2.24) is 4.90 Å². The Kier molecular flexibility index (Phi) is 6.80. The van der Waals surface area contributed by atoms with Gasteiger partial charge in [-0.3, -0.25) is 0 Å². The zero-order valence-electron chi connectivity index (χ0n) is 18.2. The van der Waals surface area contributed by atoms with Crippen molar-refractivity contribution >= 4 is 14.4 Å². The first-order chi connectivity index (χ1) is 12.4. The largest absolute Gasteiger partial charge is 0.445 e. The second-order valence-corrected chi connectivity index (χ2v) is 14.7. The number of nitrogens with zero attached hydrogens (tertiary/aromatic N) is 1. The molecular weight excluding hydrogens is 354 g/mol. The Morgan fingerprint density at radius 1 is 1.26 bits per heavy atom. The summed E-state index contributed by atoms with van der Waals surface area (Å²) in [6, 6.07) is 9.99. The number of rotatable bonds is 5. The van der Waals surface area contributed by atoms with Gasteiger partial charge in [-0.25, -0.2) is 4.79 Å². The van der Waals surface area contributed by atoms with E-state index in [1.807, 2.05) is 35.2 Å². The average Bonchev–Trinajstić information content (AvgIpc) is 2.58. The molecule has 1 heterocycles. The van der Waals surface area contributed by atoms with Crippen LogP contribution in [0.4, 0.5) is 4.79 Å². The topological polar surface area (TPSA) is 38.8 Å². The first-order valence-electron chi connectivity index (χ1n) is 10.0. The van der Waals surface area contributed by atoms with Crippen LogP contribution in [-0.4, -0.2) is 38.5 Å². The van der Waals surface area contributed by atoms with Gasteiger partial charge in [0, 0.05) is 19.2 Å². The Bertz CT molecular complexity index is 626. The molecule has 0 aromatic heterocycles. The fraction of sp³-hybridized carbons (Fsp3) is 0.682. The van der Waals surface area contributed by atoms with Crippen LogP contribution in [0.1, 0.15) is 53.0 Å². The number of likely N-dealkylation sites (tertiary alicyclic amines) is 1. The summed E-state index contributed by atoms with van der Waals surface area (Å²) in [6.45, 7) is 17.7. The van der Waals surface area contributed by atoms with Crippen molar-refractivity contribution in [1.29, 1.82) is 0 Å². The molecule has 0 saturated carbocycles. The smallest absolute Gasteiger partial charge is 0.410 e. The normalized spacial score (nSPS) is 24.0. The highest BCUT2D eigenvalue weighted by atomic mass is 28.4. The summed E-state index contributed by atoms with van der Waals surface area (Å²) >= 11 is 0. The second kappa shape index (κ2) is 8.35. The van der Waals surface area contributed by atoms with Gasteiger partial charge in [-0.15, -0.1) is 0 Å². The van der Waals surface area contributed by atoms with E-state index in [4.69, 9.17) is 9.16 Å².